The zero-order valence-electron chi connectivity index (χ0n) is 19.8. The summed E-state index contributed by atoms with van der Waals surface area (Å²) in [6.45, 7) is 22.4. The first kappa shape index (κ1) is 32.1. The van der Waals surface area contributed by atoms with Crippen LogP contribution in [0.3, 0.4) is 0 Å². The van der Waals surface area contributed by atoms with E-state index in [2.05, 4.69) is 0 Å². The largest absolute Gasteiger partial charge is 2.00 e. The number of aliphatic carboxylic acids is 2. The van der Waals surface area contributed by atoms with Crippen LogP contribution in [0.5, 0.6) is 0 Å². The number of hydrogen-bond acceptors (Lipinski definition) is 6. The minimum Gasteiger partial charge on any atom is -0.542 e. The SMILES string of the molecule is CC(C)(C)N(C(=N)C(=O)[O-])C(C)(C)C.CC(C)(C)N(C(=N)C(=O)[O-])C(C)(C)C.[Ni+2]. The van der Waals surface area contributed by atoms with E-state index in [1.807, 2.05) is 83.1 Å². The summed E-state index contributed by atoms with van der Waals surface area (Å²) in [6.07, 6.45) is 0. The summed E-state index contributed by atoms with van der Waals surface area (Å²) in [5, 5.41) is 36.3. The molecule has 0 atom stereocenters. The summed E-state index contributed by atoms with van der Waals surface area (Å²) in [7, 11) is 0. The molecule has 0 aliphatic heterocycles. The second kappa shape index (κ2) is 10.4. The van der Waals surface area contributed by atoms with Crippen molar-refractivity contribution in [2.45, 2.75) is 105 Å². The van der Waals surface area contributed by atoms with Gasteiger partial charge in [0.05, 0.1) is 0 Å². The fraction of sp³-hybridized carbons (Fsp3) is 0.800. The minimum atomic E-state index is -1.44. The summed E-state index contributed by atoms with van der Waals surface area (Å²) in [6, 6.07) is 0. The molecule has 0 aromatic carbocycles. The monoisotopic (exact) mass is 456 g/mol. The Labute approximate surface area is 186 Å². The molecule has 0 aromatic heterocycles. The molecule has 2 N–H and O–H groups in total. The Morgan fingerprint density at radius 2 is 0.690 bits per heavy atom. The molecule has 0 radical (unpaired) electrons. The van der Waals surface area contributed by atoms with Gasteiger partial charge in [-0.3, -0.25) is 10.8 Å². The number of carbonyl (C=O) groups is 2. The molecule has 0 amide bonds. The zero-order valence-corrected chi connectivity index (χ0v) is 20.8. The van der Waals surface area contributed by atoms with Gasteiger partial charge in [0.2, 0.25) is 0 Å². The summed E-state index contributed by atoms with van der Waals surface area (Å²) in [4.78, 5) is 24.4. The van der Waals surface area contributed by atoms with Crippen molar-refractivity contribution < 1.29 is 36.3 Å². The topological polar surface area (TPSA) is 134 Å². The molecule has 9 heteroatoms. The quantitative estimate of drug-likeness (QED) is 0.319. The van der Waals surface area contributed by atoms with Crippen molar-refractivity contribution in [1.82, 2.24) is 9.80 Å². The number of rotatable bonds is 0. The van der Waals surface area contributed by atoms with Gasteiger partial charge in [-0.15, -0.1) is 0 Å². The fourth-order valence-corrected chi connectivity index (χ4v) is 3.54. The van der Waals surface area contributed by atoms with Crippen LogP contribution < -0.4 is 10.2 Å². The van der Waals surface area contributed by atoms with Gasteiger partial charge in [-0.2, -0.15) is 0 Å². The summed E-state index contributed by atoms with van der Waals surface area (Å²) >= 11 is 0. The third kappa shape index (κ3) is 10.6. The standard InChI is InChI=1S/2C10H20N2O2.Ni/c2*1-9(2,3)12(10(4,5)6)7(11)8(13)14;/h2*11H,1-6H3,(H,13,14);/q;;+2/p-2. The molecule has 0 saturated carbocycles. The first-order valence-corrected chi connectivity index (χ1v) is 9.16. The van der Waals surface area contributed by atoms with Gasteiger partial charge in [-0.1, -0.05) is 0 Å². The maximum Gasteiger partial charge on any atom is 2.00 e. The van der Waals surface area contributed by atoms with Crippen LogP contribution in [0.4, 0.5) is 0 Å². The molecule has 0 fully saturated rings. The minimum absolute atomic E-state index is 0. The molecule has 0 saturated heterocycles. The van der Waals surface area contributed by atoms with E-state index in [-0.39, 0.29) is 16.5 Å². The van der Waals surface area contributed by atoms with Gasteiger partial charge < -0.3 is 29.6 Å². The Morgan fingerprint density at radius 1 is 0.552 bits per heavy atom. The van der Waals surface area contributed by atoms with E-state index in [0.717, 1.165) is 0 Å². The van der Waals surface area contributed by atoms with Crippen molar-refractivity contribution in [1.29, 1.82) is 10.8 Å². The van der Waals surface area contributed by atoms with Crippen LogP contribution in [-0.2, 0) is 26.1 Å². The summed E-state index contributed by atoms with van der Waals surface area (Å²) in [5.41, 5.74) is -1.63. The van der Waals surface area contributed by atoms with Gasteiger partial charge in [0, 0.05) is 22.2 Å². The van der Waals surface area contributed by atoms with Crippen LogP contribution in [0.2, 0.25) is 0 Å². The molecule has 172 valence electrons. The molecular weight excluding hydrogens is 419 g/mol. The van der Waals surface area contributed by atoms with Crippen LogP contribution in [0.1, 0.15) is 83.1 Å². The van der Waals surface area contributed by atoms with E-state index < -0.39 is 45.8 Å². The third-order valence-corrected chi connectivity index (χ3v) is 3.52. The number of hydrogen-bond donors (Lipinski definition) is 2. The maximum atomic E-state index is 10.7. The molecule has 0 rings (SSSR count). The average Bonchev–Trinajstić information content (AvgIpc) is 2.31. The van der Waals surface area contributed by atoms with Crippen molar-refractivity contribution in [2.24, 2.45) is 0 Å². The first-order valence-electron chi connectivity index (χ1n) is 9.16. The van der Waals surface area contributed by atoms with Gasteiger partial charge >= 0.3 is 16.5 Å². The van der Waals surface area contributed by atoms with E-state index in [0.29, 0.717) is 0 Å². The normalized spacial score (nSPS) is 12.0. The van der Waals surface area contributed by atoms with Gasteiger partial charge in [-0.25, -0.2) is 0 Å². The van der Waals surface area contributed by atoms with Crippen molar-refractivity contribution in [2.75, 3.05) is 0 Å². The van der Waals surface area contributed by atoms with Crippen LogP contribution in [0.15, 0.2) is 0 Å². The van der Waals surface area contributed by atoms with E-state index in [4.69, 9.17) is 10.8 Å². The van der Waals surface area contributed by atoms with E-state index in [1.54, 1.807) is 0 Å². The van der Waals surface area contributed by atoms with Gasteiger partial charge in [0.25, 0.3) is 0 Å². The molecule has 0 aromatic rings. The van der Waals surface area contributed by atoms with Crippen LogP contribution >= 0.6 is 0 Å². The van der Waals surface area contributed by atoms with Crippen molar-refractivity contribution in [3.63, 3.8) is 0 Å². The smallest absolute Gasteiger partial charge is 0.542 e. The maximum absolute atomic E-state index is 10.7. The van der Waals surface area contributed by atoms with E-state index in [1.165, 1.54) is 9.80 Å². The van der Waals surface area contributed by atoms with Crippen molar-refractivity contribution in [3.05, 3.63) is 0 Å². The fourth-order valence-electron chi connectivity index (χ4n) is 3.54. The van der Waals surface area contributed by atoms with Crippen LogP contribution in [0, 0.1) is 10.8 Å². The number of carboxylic acid groups (broad SMARTS) is 2. The van der Waals surface area contributed by atoms with Crippen molar-refractivity contribution in [3.8, 4) is 0 Å². The average molecular weight is 457 g/mol. The Bertz CT molecular complexity index is 524. The predicted octanol–water partition coefficient (Wildman–Crippen LogP) is 1.22. The Hall–Kier alpha value is -1.63. The van der Waals surface area contributed by atoms with E-state index >= 15 is 0 Å². The molecule has 0 spiro atoms. The summed E-state index contributed by atoms with van der Waals surface area (Å²) < 4.78 is 0. The van der Waals surface area contributed by atoms with Gasteiger partial charge in [0.15, 0.2) is 0 Å². The number of amidine groups is 2. The second-order valence-corrected chi connectivity index (χ2v) is 10.6. The van der Waals surface area contributed by atoms with Crippen molar-refractivity contribution >= 4 is 23.6 Å². The molecule has 8 nitrogen and oxygen atoms in total. The Balaban J connectivity index is -0.000000451. The third-order valence-electron chi connectivity index (χ3n) is 3.52. The number of nitrogens with zero attached hydrogens (tertiary/aromatic N) is 2. The number of nitrogens with one attached hydrogen (secondary N) is 2. The Kier molecular flexibility index (Phi) is 11.5. The molecule has 0 aliphatic rings. The van der Waals surface area contributed by atoms with Gasteiger partial charge in [-0.05, 0) is 83.1 Å². The summed E-state index contributed by atoms with van der Waals surface area (Å²) in [5.74, 6) is -3.81. The number of carbonyl (C=O) groups excluding carboxylic acids is 2. The molecule has 29 heavy (non-hydrogen) atoms. The molecule has 0 heterocycles. The first-order chi connectivity index (χ1) is 12.0. The second-order valence-electron chi connectivity index (χ2n) is 10.6. The zero-order chi connectivity index (χ0) is 23.5. The van der Waals surface area contributed by atoms with Gasteiger partial charge in [0.1, 0.15) is 23.6 Å². The van der Waals surface area contributed by atoms with E-state index in [9.17, 15) is 19.8 Å². The van der Waals surface area contributed by atoms with Crippen LogP contribution in [0.25, 0.3) is 0 Å². The number of carboxylic acids is 2. The molecule has 0 aliphatic carbocycles. The Morgan fingerprint density at radius 3 is 0.724 bits per heavy atom. The molecule has 0 bridgehead atoms. The predicted molar refractivity (Wildman–Crippen MR) is 108 cm³/mol. The molecule has 0 unspecified atom stereocenters. The van der Waals surface area contributed by atoms with Crippen LogP contribution in [-0.4, -0.2) is 55.6 Å². The molecular formula is C20H38N4NiO4.